The highest BCUT2D eigenvalue weighted by Crippen LogP contribution is 2.26. The fraction of sp³-hybridized carbons (Fsp3) is 0.167. The van der Waals surface area contributed by atoms with E-state index in [1.807, 2.05) is 13.0 Å². The van der Waals surface area contributed by atoms with Crippen molar-refractivity contribution in [3.8, 4) is 0 Å². The molecule has 0 heterocycles. The Hall–Kier alpha value is -3.36. The number of halogens is 1. The lowest BCUT2D eigenvalue weighted by Gasteiger charge is -2.13. The van der Waals surface area contributed by atoms with Gasteiger partial charge in [-0.2, -0.15) is 0 Å². The summed E-state index contributed by atoms with van der Waals surface area (Å²) in [4.78, 5) is 24.5. The molecule has 0 saturated heterocycles. The lowest BCUT2D eigenvalue weighted by molar-refractivity contribution is -0.116. The van der Waals surface area contributed by atoms with Gasteiger partial charge in [-0.3, -0.25) is 14.3 Å². The molecule has 3 aromatic rings. The van der Waals surface area contributed by atoms with Crippen molar-refractivity contribution in [1.29, 1.82) is 0 Å². The van der Waals surface area contributed by atoms with E-state index in [0.29, 0.717) is 16.8 Å². The molecule has 0 aliphatic rings. The molecule has 3 aromatic carbocycles. The summed E-state index contributed by atoms with van der Waals surface area (Å²) < 4.78 is 28.2. The summed E-state index contributed by atoms with van der Waals surface area (Å²) in [5.41, 5.74) is 2.59. The zero-order valence-electron chi connectivity index (χ0n) is 18.2. The summed E-state index contributed by atoms with van der Waals surface area (Å²) in [6.07, 6.45) is 0.0331. The highest BCUT2D eigenvalue weighted by Gasteiger charge is 2.19. The third kappa shape index (κ3) is 6.57. The molecule has 7 nitrogen and oxygen atoms in total. The first-order valence-electron chi connectivity index (χ1n) is 10.2. The van der Waals surface area contributed by atoms with Crippen molar-refractivity contribution in [3.63, 3.8) is 0 Å². The molecule has 3 N–H and O–H groups in total. The molecule has 2 amide bonds. The summed E-state index contributed by atoms with van der Waals surface area (Å²) in [6, 6.07) is 18.3. The molecule has 0 aromatic heterocycles. The van der Waals surface area contributed by atoms with Crippen LogP contribution in [0.5, 0.6) is 0 Å². The van der Waals surface area contributed by atoms with Gasteiger partial charge in [-0.05, 0) is 55.8 Å². The molecule has 9 heteroatoms. The van der Waals surface area contributed by atoms with E-state index < -0.39 is 10.0 Å². The highest BCUT2D eigenvalue weighted by atomic mass is 35.5. The van der Waals surface area contributed by atoms with Gasteiger partial charge in [0.2, 0.25) is 5.91 Å². The first-order chi connectivity index (χ1) is 15.7. The topological polar surface area (TPSA) is 104 Å². The molecule has 172 valence electrons. The summed E-state index contributed by atoms with van der Waals surface area (Å²) >= 11 is 6.06. The maximum atomic E-state index is 12.9. The van der Waals surface area contributed by atoms with Crippen molar-refractivity contribution >= 4 is 44.8 Å². The van der Waals surface area contributed by atoms with Crippen molar-refractivity contribution in [2.75, 3.05) is 16.6 Å². The van der Waals surface area contributed by atoms with Crippen LogP contribution in [-0.2, 0) is 14.8 Å². The van der Waals surface area contributed by atoms with Gasteiger partial charge in [0.15, 0.2) is 0 Å². The zero-order chi connectivity index (χ0) is 24.0. The average Bonchev–Trinajstić information content (AvgIpc) is 2.76. The average molecular weight is 486 g/mol. The first kappa shape index (κ1) is 24.3. The molecule has 0 bridgehead atoms. The molecule has 0 unspecified atom stereocenters. The first-order valence-corrected chi connectivity index (χ1v) is 12.0. The van der Waals surface area contributed by atoms with Crippen LogP contribution in [-0.4, -0.2) is 26.8 Å². The molecule has 0 aliphatic heterocycles. The maximum Gasteiger partial charge on any atom is 0.262 e. The smallest absolute Gasteiger partial charge is 0.262 e. The van der Waals surface area contributed by atoms with E-state index in [2.05, 4.69) is 15.4 Å². The second-order valence-electron chi connectivity index (χ2n) is 7.49. The number of sulfonamides is 1. The Bertz CT molecular complexity index is 1290. The Morgan fingerprint density at radius 1 is 0.939 bits per heavy atom. The van der Waals surface area contributed by atoms with Gasteiger partial charge >= 0.3 is 0 Å². The Morgan fingerprint density at radius 3 is 2.42 bits per heavy atom. The van der Waals surface area contributed by atoms with Crippen molar-refractivity contribution < 1.29 is 18.0 Å². The summed E-state index contributed by atoms with van der Waals surface area (Å²) in [5, 5.41) is 5.65. The number of aryl methyl sites for hydroxylation is 2. The largest absolute Gasteiger partial charge is 0.352 e. The Balaban J connectivity index is 1.62. The van der Waals surface area contributed by atoms with E-state index in [4.69, 9.17) is 11.6 Å². The monoisotopic (exact) mass is 485 g/mol. The summed E-state index contributed by atoms with van der Waals surface area (Å²) in [6.45, 7) is 3.70. The highest BCUT2D eigenvalue weighted by molar-refractivity contribution is 7.92. The number of amides is 2. The summed E-state index contributed by atoms with van der Waals surface area (Å²) in [7, 11) is -3.93. The second-order valence-corrected chi connectivity index (χ2v) is 9.55. The van der Waals surface area contributed by atoms with Crippen molar-refractivity contribution in [3.05, 3.63) is 88.4 Å². The number of carbonyl (C=O) groups is 2. The quantitative estimate of drug-likeness (QED) is 0.436. The predicted molar refractivity (Wildman–Crippen MR) is 130 cm³/mol. The normalized spacial score (nSPS) is 11.0. The number of hydrogen-bond donors (Lipinski definition) is 3. The predicted octanol–water partition coefficient (Wildman–Crippen LogP) is 4.52. The van der Waals surface area contributed by atoms with Gasteiger partial charge in [-0.15, -0.1) is 0 Å². The van der Waals surface area contributed by atoms with Crippen LogP contribution in [0.4, 0.5) is 11.4 Å². The number of nitrogens with one attached hydrogen (secondary N) is 3. The van der Waals surface area contributed by atoms with Gasteiger partial charge in [0, 0.05) is 24.2 Å². The van der Waals surface area contributed by atoms with Crippen LogP contribution in [0, 0.1) is 13.8 Å². The molecule has 0 aliphatic carbocycles. The Labute approximate surface area is 198 Å². The van der Waals surface area contributed by atoms with E-state index >= 15 is 0 Å². The number of hydrogen-bond acceptors (Lipinski definition) is 4. The van der Waals surface area contributed by atoms with Crippen LogP contribution in [0.3, 0.4) is 0 Å². The molecule has 0 atom stereocenters. The molecule has 0 saturated carbocycles. The van der Waals surface area contributed by atoms with Crippen molar-refractivity contribution in [2.45, 2.75) is 25.2 Å². The van der Waals surface area contributed by atoms with E-state index in [9.17, 15) is 18.0 Å². The third-order valence-electron chi connectivity index (χ3n) is 4.80. The van der Waals surface area contributed by atoms with Gasteiger partial charge in [-0.25, -0.2) is 8.42 Å². The van der Waals surface area contributed by atoms with Crippen LogP contribution in [0.15, 0.2) is 71.6 Å². The van der Waals surface area contributed by atoms with Gasteiger partial charge < -0.3 is 10.6 Å². The van der Waals surface area contributed by atoms with Crippen LogP contribution < -0.4 is 15.4 Å². The van der Waals surface area contributed by atoms with E-state index in [1.165, 1.54) is 6.07 Å². The van der Waals surface area contributed by atoms with Gasteiger partial charge in [0.1, 0.15) is 0 Å². The van der Waals surface area contributed by atoms with Crippen LogP contribution in [0.2, 0.25) is 5.02 Å². The van der Waals surface area contributed by atoms with E-state index in [1.54, 1.807) is 61.5 Å². The van der Waals surface area contributed by atoms with Crippen LogP contribution >= 0.6 is 11.6 Å². The number of anilines is 2. The second kappa shape index (κ2) is 10.5. The molecule has 3 rings (SSSR count). The van der Waals surface area contributed by atoms with Gasteiger partial charge in [0.25, 0.3) is 15.9 Å². The van der Waals surface area contributed by atoms with Crippen LogP contribution in [0.25, 0.3) is 0 Å². The zero-order valence-corrected chi connectivity index (χ0v) is 19.8. The Kier molecular flexibility index (Phi) is 7.73. The van der Waals surface area contributed by atoms with Crippen molar-refractivity contribution in [1.82, 2.24) is 5.32 Å². The molecule has 33 heavy (non-hydrogen) atoms. The minimum atomic E-state index is -3.93. The lowest BCUT2D eigenvalue weighted by Crippen LogP contribution is -2.27. The molecular formula is C24H24ClN3O4S. The van der Waals surface area contributed by atoms with Gasteiger partial charge in [-0.1, -0.05) is 47.5 Å². The minimum Gasteiger partial charge on any atom is -0.352 e. The summed E-state index contributed by atoms with van der Waals surface area (Å²) in [5.74, 6) is -0.619. The molecular weight excluding hydrogens is 462 g/mol. The minimum absolute atomic E-state index is 0.0213. The third-order valence-corrected chi connectivity index (χ3v) is 6.63. The Morgan fingerprint density at radius 2 is 1.70 bits per heavy atom. The maximum absolute atomic E-state index is 12.9. The SMILES string of the molecule is Cc1cccc(C(=O)NCCC(=O)Nc2ccc(C)c(S(=O)(=O)Nc3ccccc3Cl)c2)c1. The van der Waals surface area contributed by atoms with Crippen molar-refractivity contribution in [2.24, 2.45) is 0 Å². The fourth-order valence-corrected chi connectivity index (χ4v) is 4.70. The van der Waals surface area contributed by atoms with Crippen LogP contribution in [0.1, 0.15) is 27.9 Å². The number of benzene rings is 3. The molecule has 0 spiro atoms. The lowest BCUT2D eigenvalue weighted by atomic mass is 10.1. The molecule has 0 fully saturated rings. The molecule has 0 radical (unpaired) electrons. The standard InChI is InChI=1S/C24H24ClN3O4S/c1-16-6-5-7-18(14-16)24(30)26-13-12-23(29)27-19-11-10-17(2)22(15-19)33(31,32)28-21-9-4-3-8-20(21)25/h3-11,14-15,28H,12-13H2,1-2H3,(H,26,30)(H,27,29). The van der Waals surface area contributed by atoms with E-state index in [-0.39, 0.29) is 40.4 Å². The van der Waals surface area contributed by atoms with Gasteiger partial charge in [0.05, 0.1) is 15.6 Å². The number of rotatable bonds is 8. The number of para-hydroxylation sites is 1. The number of carbonyl (C=O) groups excluding carboxylic acids is 2. The van der Waals surface area contributed by atoms with E-state index in [0.717, 1.165) is 5.56 Å². The fourth-order valence-electron chi connectivity index (χ4n) is 3.11.